The van der Waals surface area contributed by atoms with E-state index in [2.05, 4.69) is 76.8 Å². The van der Waals surface area contributed by atoms with Crippen LogP contribution in [0.2, 0.25) is 0 Å². The van der Waals surface area contributed by atoms with Crippen LogP contribution in [0.1, 0.15) is 113 Å². The smallest absolute Gasteiger partial charge is 0.0500 e. The van der Waals surface area contributed by atoms with E-state index < -0.39 is 0 Å². The fraction of sp³-hybridized carbons (Fsp3) is 0.769. The SMILES string of the molecule is CCCCC(CC)Cc1cc(C)sc1C1SC(C)=CC1CC(CC)CCCC. The van der Waals surface area contributed by atoms with Crippen LogP contribution in [0.15, 0.2) is 17.0 Å². The molecule has 4 atom stereocenters. The predicted octanol–water partition coefficient (Wildman–Crippen LogP) is 9.73. The number of unbranched alkanes of at least 4 members (excludes halogenated alkanes) is 2. The lowest BCUT2D eigenvalue weighted by molar-refractivity contribution is 0.369. The second-order valence-corrected chi connectivity index (χ2v) is 11.7. The van der Waals surface area contributed by atoms with Gasteiger partial charge in [-0.2, -0.15) is 0 Å². The van der Waals surface area contributed by atoms with E-state index >= 15 is 0 Å². The molecular formula is C26H44S2. The Hall–Kier alpha value is -0.210. The maximum Gasteiger partial charge on any atom is 0.0500 e. The van der Waals surface area contributed by atoms with Gasteiger partial charge in [-0.3, -0.25) is 0 Å². The van der Waals surface area contributed by atoms with E-state index in [-0.39, 0.29) is 0 Å². The van der Waals surface area contributed by atoms with Crippen molar-refractivity contribution in [2.24, 2.45) is 17.8 Å². The molecule has 1 aliphatic rings. The van der Waals surface area contributed by atoms with Crippen molar-refractivity contribution in [1.82, 2.24) is 0 Å². The molecule has 0 bridgehead atoms. The molecule has 2 heteroatoms. The highest BCUT2D eigenvalue weighted by Gasteiger charge is 2.32. The third-order valence-electron chi connectivity index (χ3n) is 6.57. The Morgan fingerprint density at radius 3 is 2.18 bits per heavy atom. The lowest BCUT2D eigenvalue weighted by Crippen LogP contribution is -2.12. The molecule has 0 spiro atoms. The van der Waals surface area contributed by atoms with Crippen LogP contribution in [0, 0.1) is 24.7 Å². The second kappa shape index (κ2) is 12.5. The molecule has 0 fully saturated rings. The second-order valence-electron chi connectivity index (χ2n) is 9.00. The van der Waals surface area contributed by atoms with Gasteiger partial charge >= 0.3 is 0 Å². The highest BCUT2D eigenvalue weighted by Crippen LogP contribution is 2.53. The molecule has 1 aliphatic heterocycles. The molecule has 1 aromatic rings. The summed E-state index contributed by atoms with van der Waals surface area (Å²) in [5, 5.41) is 0.674. The maximum atomic E-state index is 2.61. The molecule has 0 amide bonds. The van der Waals surface area contributed by atoms with Crippen LogP contribution in [-0.2, 0) is 6.42 Å². The molecule has 0 aromatic carbocycles. The van der Waals surface area contributed by atoms with Gasteiger partial charge in [-0.15, -0.1) is 23.1 Å². The van der Waals surface area contributed by atoms with Crippen molar-refractivity contribution >= 4 is 23.1 Å². The fourth-order valence-corrected chi connectivity index (χ4v) is 7.44. The van der Waals surface area contributed by atoms with Gasteiger partial charge in [0.25, 0.3) is 0 Å². The summed E-state index contributed by atoms with van der Waals surface area (Å²) in [6, 6.07) is 2.52. The molecular weight excluding hydrogens is 376 g/mol. The maximum absolute atomic E-state index is 2.61. The minimum Gasteiger partial charge on any atom is -0.144 e. The lowest BCUT2D eigenvalue weighted by atomic mass is 9.85. The summed E-state index contributed by atoms with van der Waals surface area (Å²) in [5.41, 5.74) is 1.68. The van der Waals surface area contributed by atoms with Crippen LogP contribution in [0.5, 0.6) is 0 Å². The molecule has 1 aromatic heterocycles. The van der Waals surface area contributed by atoms with Crippen LogP contribution in [-0.4, -0.2) is 0 Å². The first-order valence-electron chi connectivity index (χ1n) is 12.0. The zero-order valence-corrected chi connectivity index (χ0v) is 21.0. The summed E-state index contributed by atoms with van der Waals surface area (Å²) in [5.74, 6) is 2.49. The van der Waals surface area contributed by atoms with Gasteiger partial charge in [0.05, 0.1) is 5.25 Å². The molecule has 0 saturated carbocycles. The Morgan fingerprint density at radius 1 is 0.929 bits per heavy atom. The number of hydrogen-bond acceptors (Lipinski definition) is 2. The zero-order valence-electron chi connectivity index (χ0n) is 19.4. The van der Waals surface area contributed by atoms with Gasteiger partial charge in [0, 0.05) is 9.75 Å². The molecule has 0 nitrogen and oxygen atoms in total. The Balaban J connectivity index is 2.15. The summed E-state index contributed by atoms with van der Waals surface area (Å²) in [6.45, 7) is 14.1. The highest BCUT2D eigenvalue weighted by molar-refractivity contribution is 8.03. The Labute approximate surface area is 184 Å². The number of hydrogen-bond donors (Lipinski definition) is 0. The summed E-state index contributed by atoms with van der Waals surface area (Å²) in [7, 11) is 0. The molecule has 0 N–H and O–H groups in total. The molecule has 0 aliphatic carbocycles. The monoisotopic (exact) mass is 420 g/mol. The van der Waals surface area contributed by atoms with Gasteiger partial charge in [0.1, 0.15) is 0 Å². The number of thiophene rings is 1. The van der Waals surface area contributed by atoms with Crippen molar-refractivity contribution in [1.29, 1.82) is 0 Å². The van der Waals surface area contributed by atoms with E-state index in [9.17, 15) is 0 Å². The molecule has 4 unspecified atom stereocenters. The van der Waals surface area contributed by atoms with Gasteiger partial charge in [-0.05, 0) is 61.0 Å². The highest BCUT2D eigenvalue weighted by atomic mass is 32.2. The summed E-state index contributed by atoms with van der Waals surface area (Å²) < 4.78 is 0. The molecule has 160 valence electrons. The third kappa shape index (κ3) is 6.94. The first-order chi connectivity index (χ1) is 13.5. The zero-order chi connectivity index (χ0) is 20.5. The van der Waals surface area contributed by atoms with Crippen LogP contribution in [0.3, 0.4) is 0 Å². The van der Waals surface area contributed by atoms with Gasteiger partial charge in [0.2, 0.25) is 0 Å². The molecule has 2 heterocycles. The average molecular weight is 421 g/mol. The van der Waals surface area contributed by atoms with Gasteiger partial charge in [0.15, 0.2) is 0 Å². The van der Waals surface area contributed by atoms with Crippen LogP contribution >= 0.6 is 23.1 Å². The van der Waals surface area contributed by atoms with Crippen LogP contribution < -0.4 is 0 Å². The normalized spacial score (nSPS) is 21.7. The topological polar surface area (TPSA) is 0 Å². The van der Waals surface area contributed by atoms with E-state index in [0.717, 1.165) is 17.8 Å². The minimum atomic E-state index is 0.674. The van der Waals surface area contributed by atoms with Crippen LogP contribution in [0.4, 0.5) is 0 Å². The van der Waals surface area contributed by atoms with E-state index in [1.165, 1.54) is 69.1 Å². The third-order valence-corrected chi connectivity index (χ3v) is 9.25. The molecule has 28 heavy (non-hydrogen) atoms. The number of aryl methyl sites for hydroxylation is 1. The summed E-state index contributed by atoms with van der Waals surface area (Å²) >= 11 is 4.25. The first-order valence-corrected chi connectivity index (χ1v) is 13.7. The average Bonchev–Trinajstić information content (AvgIpc) is 3.23. The van der Waals surface area contributed by atoms with Gasteiger partial charge in [-0.25, -0.2) is 0 Å². The fourth-order valence-electron chi connectivity index (χ4n) is 4.76. The van der Waals surface area contributed by atoms with Crippen molar-refractivity contribution in [2.75, 3.05) is 0 Å². The van der Waals surface area contributed by atoms with E-state index in [0.29, 0.717) is 5.25 Å². The van der Waals surface area contributed by atoms with Crippen molar-refractivity contribution < 1.29 is 0 Å². The lowest BCUT2D eigenvalue weighted by Gasteiger charge is -2.24. The molecule has 0 radical (unpaired) electrons. The van der Waals surface area contributed by atoms with Gasteiger partial charge < -0.3 is 0 Å². The predicted molar refractivity (Wildman–Crippen MR) is 132 cm³/mol. The minimum absolute atomic E-state index is 0.674. The number of allylic oxidation sites excluding steroid dienone is 2. The van der Waals surface area contributed by atoms with Crippen molar-refractivity contribution in [3.8, 4) is 0 Å². The molecule has 2 rings (SSSR count). The summed E-state index contributed by atoms with van der Waals surface area (Å²) in [6.07, 6.45) is 16.2. The van der Waals surface area contributed by atoms with Crippen LogP contribution in [0.25, 0.3) is 0 Å². The standard InChI is InChI=1S/C26H44S2/c1-7-11-13-21(9-3)17-23-15-19(5)27-25(23)26-24(16-20(6)28-26)18-22(10-4)14-12-8-2/h15-16,21-23,25H,7-14,17-18H2,1-6H3. The van der Waals surface area contributed by atoms with Crippen molar-refractivity contribution in [3.63, 3.8) is 0 Å². The van der Waals surface area contributed by atoms with Gasteiger partial charge in [-0.1, -0.05) is 85.1 Å². The summed E-state index contributed by atoms with van der Waals surface area (Å²) in [4.78, 5) is 4.77. The Bertz CT molecular complexity index is 598. The first kappa shape index (κ1) is 24.1. The van der Waals surface area contributed by atoms with Crippen molar-refractivity contribution in [3.05, 3.63) is 32.4 Å². The molecule has 0 saturated heterocycles. The number of rotatable bonds is 13. The van der Waals surface area contributed by atoms with Crippen molar-refractivity contribution in [2.45, 2.75) is 111 Å². The quantitative estimate of drug-likeness (QED) is 0.306. The largest absolute Gasteiger partial charge is 0.144 e. The Kier molecular flexibility index (Phi) is 10.7. The Morgan fingerprint density at radius 2 is 1.57 bits per heavy atom. The van der Waals surface area contributed by atoms with E-state index in [4.69, 9.17) is 0 Å². The van der Waals surface area contributed by atoms with E-state index in [1.54, 1.807) is 15.3 Å². The number of thioether (sulfide) groups is 1. The van der Waals surface area contributed by atoms with E-state index in [1.807, 2.05) is 0 Å².